The van der Waals surface area contributed by atoms with E-state index >= 15 is 0 Å². The second-order valence-corrected chi connectivity index (χ2v) is 6.62. The summed E-state index contributed by atoms with van der Waals surface area (Å²) in [6.07, 6.45) is 1.44. The number of amides is 1. The number of aryl methyl sites for hydroxylation is 1. The quantitative estimate of drug-likeness (QED) is 0.465. The molecule has 0 spiro atoms. The molecule has 5 nitrogen and oxygen atoms in total. The van der Waals surface area contributed by atoms with E-state index in [0.29, 0.717) is 46.0 Å². The SMILES string of the molecule is CCOc1cc(/C=C(\C#N)C(=O)Nc2cc(Cl)ccc2C)cc(Cl)c1OCC. The Morgan fingerprint density at radius 2 is 1.89 bits per heavy atom. The first kappa shape index (κ1) is 21.6. The van der Waals surface area contributed by atoms with E-state index in [-0.39, 0.29) is 5.57 Å². The molecule has 1 amide bonds. The minimum Gasteiger partial charge on any atom is -0.490 e. The first-order valence-corrected chi connectivity index (χ1v) is 9.43. The van der Waals surface area contributed by atoms with Crippen LogP contribution >= 0.6 is 23.2 Å². The van der Waals surface area contributed by atoms with Crippen molar-refractivity contribution in [2.75, 3.05) is 18.5 Å². The molecular weight excluding hydrogens is 399 g/mol. The highest BCUT2D eigenvalue weighted by Crippen LogP contribution is 2.37. The number of hydrogen-bond acceptors (Lipinski definition) is 4. The summed E-state index contributed by atoms with van der Waals surface area (Å²) >= 11 is 12.3. The van der Waals surface area contributed by atoms with Crippen molar-refractivity contribution in [2.45, 2.75) is 20.8 Å². The molecule has 0 unspecified atom stereocenters. The number of carbonyl (C=O) groups excluding carboxylic acids is 1. The van der Waals surface area contributed by atoms with Crippen molar-refractivity contribution in [3.63, 3.8) is 0 Å². The molecule has 0 aliphatic heterocycles. The molecule has 0 saturated heterocycles. The van der Waals surface area contributed by atoms with E-state index in [1.807, 2.05) is 26.8 Å². The van der Waals surface area contributed by atoms with E-state index in [4.69, 9.17) is 32.7 Å². The maximum atomic E-state index is 12.5. The van der Waals surface area contributed by atoms with Crippen molar-refractivity contribution >= 4 is 40.9 Å². The van der Waals surface area contributed by atoms with E-state index < -0.39 is 5.91 Å². The van der Waals surface area contributed by atoms with Crippen LogP contribution in [0.25, 0.3) is 6.08 Å². The molecule has 0 fully saturated rings. The lowest BCUT2D eigenvalue weighted by atomic mass is 10.1. The fourth-order valence-corrected chi connectivity index (χ4v) is 2.90. The standard InChI is InChI=1S/C21H20Cl2N2O3/c1-4-27-19-10-14(9-17(23)20(19)28-5-2)8-15(12-24)21(26)25-18-11-16(22)7-6-13(18)3/h6-11H,4-5H2,1-3H3,(H,25,26)/b15-8+. The third-order valence-electron chi connectivity index (χ3n) is 3.74. The lowest BCUT2D eigenvalue weighted by Crippen LogP contribution is -2.14. The molecule has 0 aliphatic rings. The smallest absolute Gasteiger partial charge is 0.266 e. The maximum absolute atomic E-state index is 12.5. The zero-order valence-electron chi connectivity index (χ0n) is 15.8. The maximum Gasteiger partial charge on any atom is 0.266 e. The zero-order valence-corrected chi connectivity index (χ0v) is 17.3. The number of halogens is 2. The Kier molecular flexibility index (Phi) is 7.74. The van der Waals surface area contributed by atoms with Gasteiger partial charge >= 0.3 is 0 Å². The Bertz CT molecular complexity index is 949. The average Bonchev–Trinajstić information content (AvgIpc) is 2.65. The van der Waals surface area contributed by atoms with Gasteiger partial charge in [-0.05, 0) is 62.2 Å². The Balaban J connectivity index is 2.36. The number of nitriles is 1. The van der Waals surface area contributed by atoms with Gasteiger partial charge in [-0.3, -0.25) is 4.79 Å². The second-order valence-electron chi connectivity index (χ2n) is 5.78. The normalized spacial score (nSPS) is 10.9. The molecule has 28 heavy (non-hydrogen) atoms. The van der Waals surface area contributed by atoms with Gasteiger partial charge in [0.15, 0.2) is 11.5 Å². The number of ether oxygens (including phenoxy) is 2. The third kappa shape index (κ3) is 5.41. The topological polar surface area (TPSA) is 71.3 Å². The molecule has 0 aromatic heterocycles. The minimum absolute atomic E-state index is 0.0814. The lowest BCUT2D eigenvalue weighted by molar-refractivity contribution is -0.112. The van der Waals surface area contributed by atoms with E-state index in [0.717, 1.165) is 5.56 Å². The summed E-state index contributed by atoms with van der Waals surface area (Å²) in [5.41, 5.74) is 1.84. The molecule has 2 aromatic rings. The molecule has 0 aliphatic carbocycles. The Morgan fingerprint density at radius 3 is 2.54 bits per heavy atom. The summed E-state index contributed by atoms with van der Waals surface area (Å²) < 4.78 is 11.1. The number of nitrogens with zero attached hydrogens (tertiary/aromatic N) is 1. The molecule has 1 N–H and O–H groups in total. The molecule has 146 valence electrons. The van der Waals surface area contributed by atoms with E-state index in [9.17, 15) is 10.1 Å². The Hall–Kier alpha value is -2.68. The predicted molar refractivity (Wildman–Crippen MR) is 112 cm³/mol. The fraction of sp³-hybridized carbons (Fsp3) is 0.238. The molecule has 0 atom stereocenters. The molecule has 2 aromatic carbocycles. The fourth-order valence-electron chi connectivity index (χ4n) is 2.45. The van der Waals surface area contributed by atoms with Crippen molar-refractivity contribution in [1.29, 1.82) is 5.26 Å². The molecule has 7 heteroatoms. The number of anilines is 1. The summed E-state index contributed by atoms with van der Waals surface area (Å²) in [7, 11) is 0. The first-order valence-electron chi connectivity index (χ1n) is 8.68. The van der Waals surface area contributed by atoms with Gasteiger partial charge < -0.3 is 14.8 Å². The Labute approximate surface area is 174 Å². The van der Waals surface area contributed by atoms with Crippen LogP contribution in [-0.2, 0) is 4.79 Å². The highest BCUT2D eigenvalue weighted by molar-refractivity contribution is 6.32. The first-order chi connectivity index (χ1) is 13.4. The molecule has 0 heterocycles. The van der Waals surface area contributed by atoms with Gasteiger partial charge in [-0.2, -0.15) is 5.26 Å². The van der Waals surface area contributed by atoms with Crippen LogP contribution in [0, 0.1) is 18.3 Å². The van der Waals surface area contributed by atoms with Gasteiger partial charge in [0, 0.05) is 10.7 Å². The van der Waals surface area contributed by atoms with Crippen molar-refractivity contribution in [2.24, 2.45) is 0 Å². The van der Waals surface area contributed by atoms with Crippen molar-refractivity contribution in [3.05, 3.63) is 57.1 Å². The predicted octanol–water partition coefficient (Wildman–Crippen LogP) is 5.64. The van der Waals surface area contributed by atoms with Gasteiger partial charge in [0.05, 0.1) is 18.2 Å². The highest BCUT2D eigenvalue weighted by Gasteiger charge is 2.15. The van der Waals surface area contributed by atoms with Crippen LogP contribution in [0.2, 0.25) is 10.0 Å². The summed E-state index contributed by atoms with van der Waals surface area (Å²) in [4.78, 5) is 12.5. The van der Waals surface area contributed by atoms with Gasteiger partial charge in [-0.15, -0.1) is 0 Å². The number of benzene rings is 2. The number of nitrogens with one attached hydrogen (secondary N) is 1. The summed E-state index contributed by atoms with van der Waals surface area (Å²) in [5.74, 6) is 0.336. The lowest BCUT2D eigenvalue weighted by Gasteiger charge is -2.13. The number of rotatable bonds is 7. The van der Waals surface area contributed by atoms with E-state index in [1.165, 1.54) is 6.08 Å². The van der Waals surface area contributed by atoms with Crippen molar-refractivity contribution in [1.82, 2.24) is 0 Å². The molecule has 2 rings (SSSR count). The third-order valence-corrected chi connectivity index (χ3v) is 4.26. The Morgan fingerprint density at radius 1 is 1.18 bits per heavy atom. The average molecular weight is 419 g/mol. The molecular formula is C21H20Cl2N2O3. The van der Waals surface area contributed by atoms with Crippen LogP contribution < -0.4 is 14.8 Å². The van der Waals surface area contributed by atoms with Crippen LogP contribution in [-0.4, -0.2) is 19.1 Å². The number of hydrogen-bond donors (Lipinski definition) is 1. The van der Waals surface area contributed by atoms with Crippen molar-refractivity contribution in [3.8, 4) is 17.6 Å². The second kappa shape index (κ2) is 10.0. The van der Waals surface area contributed by atoms with Crippen LogP contribution in [0.3, 0.4) is 0 Å². The minimum atomic E-state index is -0.546. The van der Waals surface area contributed by atoms with Crippen LogP contribution in [0.1, 0.15) is 25.0 Å². The molecule has 0 bridgehead atoms. The van der Waals surface area contributed by atoms with Gasteiger partial charge in [-0.1, -0.05) is 29.3 Å². The highest BCUT2D eigenvalue weighted by atomic mass is 35.5. The van der Waals surface area contributed by atoms with E-state index in [2.05, 4.69) is 5.32 Å². The summed E-state index contributed by atoms with van der Waals surface area (Å²) in [6, 6.07) is 10.4. The van der Waals surface area contributed by atoms with Gasteiger partial charge in [0.25, 0.3) is 5.91 Å². The van der Waals surface area contributed by atoms with Gasteiger partial charge in [0.2, 0.25) is 0 Å². The van der Waals surface area contributed by atoms with E-state index in [1.54, 1.807) is 30.3 Å². The van der Waals surface area contributed by atoms with Crippen LogP contribution in [0.4, 0.5) is 5.69 Å². The molecule has 0 saturated carbocycles. The summed E-state index contributed by atoms with van der Waals surface area (Å²) in [5, 5.41) is 13.0. The summed E-state index contributed by atoms with van der Waals surface area (Å²) in [6.45, 7) is 6.37. The van der Waals surface area contributed by atoms with Crippen LogP contribution in [0.5, 0.6) is 11.5 Å². The van der Waals surface area contributed by atoms with Crippen molar-refractivity contribution < 1.29 is 14.3 Å². The number of carbonyl (C=O) groups is 1. The van der Waals surface area contributed by atoms with Gasteiger partial charge in [-0.25, -0.2) is 0 Å². The van der Waals surface area contributed by atoms with Crippen LogP contribution in [0.15, 0.2) is 35.9 Å². The zero-order chi connectivity index (χ0) is 20.7. The largest absolute Gasteiger partial charge is 0.490 e. The molecule has 0 radical (unpaired) electrons. The monoisotopic (exact) mass is 418 g/mol. The van der Waals surface area contributed by atoms with Gasteiger partial charge in [0.1, 0.15) is 11.6 Å².